The molecule has 6 nitrogen and oxygen atoms in total. The van der Waals surface area contributed by atoms with Gasteiger partial charge in [0, 0.05) is 12.8 Å². The number of methoxy groups -OCH3 is 1. The zero-order chi connectivity index (χ0) is 17.6. The molecular formula is C19H23N3O3. The standard InChI is InChI=1S/C19H23N3O3/c1-13(16-10-6-12-25-16)21-19(23)14-7-5-11-20-18(14)22-15-8-3-4-9-17(15)24-2/h3-5,7-9,11,13,16H,6,10,12H2,1-2H3,(H,20,22)(H,21,23)/t13-,16-/m1/s1. The molecule has 2 N–H and O–H groups in total. The third-order valence-corrected chi connectivity index (χ3v) is 4.29. The number of aromatic nitrogens is 1. The number of nitrogens with zero attached hydrogens (tertiary/aromatic N) is 1. The van der Waals surface area contributed by atoms with E-state index in [2.05, 4.69) is 15.6 Å². The van der Waals surface area contributed by atoms with Crippen LogP contribution < -0.4 is 15.4 Å². The largest absolute Gasteiger partial charge is 0.495 e. The number of benzene rings is 1. The van der Waals surface area contributed by atoms with Gasteiger partial charge in [-0.15, -0.1) is 0 Å². The highest BCUT2D eigenvalue weighted by Crippen LogP contribution is 2.27. The van der Waals surface area contributed by atoms with E-state index in [0.717, 1.165) is 25.1 Å². The molecule has 2 heterocycles. The number of rotatable bonds is 6. The molecule has 2 atom stereocenters. The number of amides is 1. The zero-order valence-electron chi connectivity index (χ0n) is 14.5. The summed E-state index contributed by atoms with van der Waals surface area (Å²) in [4.78, 5) is 17.0. The Morgan fingerprint density at radius 1 is 1.32 bits per heavy atom. The summed E-state index contributed by atoms with van der Waals surface area (Å²) in [6, 6.07) is 11.0. The highest BCUT2D eigenvalue weighted by atomic mass is 16.5. The summed E-state index contributed by atoms with van der Waals surface area (Å²) in [7, 11) is 1.61. The number of pyridine rings is 1. The Morgan fingerprint density at radius 3 is 2.92 bits per heavy atom. The molecular weight excluding hydrogens is 318 g/mol. The molecule has 1 aromatic carbocycles. The number of carbonyl (C=O) groups is 1. The molecule has 132 valence electrons. The summed E-state index contributed by atoms with van der Waals surface area (Å²) >= 11 is 0. The Morgan fingerprint density at radius 2 is 2.16 bits per heavy atom. The van der Waals surface area contributed by atoms with Crippen LogP contribution in [0.1, 0.15) is 30.1 Å². The molecule has 1 fully saturated rings. The van der Waals surface area contributed by atoms with E-state index in [1.54, 1.807) is 25.4 Å². The predicted octanol–water partition coefficient (Wildman–Crippen LogP) is 3.13. The smallest absolute Gasteiger partial charge is 0.255 e. The topological polar surface area (TPSA) is 72.5 Å². The van der Waals surface area contributed by atoms with Crippen LogP contribution in [0.5, 0.6) is 5.75 Å². The van der Waals surface area contributed by atoms with E-state index < -0.39 is 0 Å². The van der Waals surface area contributed by atoms with Crippen molar-refractivity contribution in [1.29, 1.82) is 0 Å². The van der Waals surface area contributed by atoms with Crippen molar-refractivity contribution >= 4 is 17.4 Å². The first kappa shape index (κ1) is 17.2. The van der Waals surface area contributed by atoms with E-state index in [0.29, 0.717) is 17.1 Å². The average Bonchev–Trinajstić information content (AvgIpc) is 3.17. The average molecular weight is 341 g/mol. The monoisotopic (exact) mass is 341 g/mol. The number of nitrogens with one attached hydrogen (secondary N) is 2. The first-order valence-corrected chi connectivity index (χ1v) is 8.46. The van der Waals surface area contributed by atoms with Crippen molar-refractivity contribution in [3.05, 3.63) is 48.2 Å². The summed E-state index contributed by atoms with van der Waals surface area (Å²) in [6.45, 7) is 2.73. The number of carbonyl (C=O) groups excluding carboxylic acids is 1. The molecule has 0 spiro atoms. The Balaban J connectivity index is 1.77. The Labute approximate surface area is 147 Å². The lowest BCUT2D eigenvalue weighted by molar-refractivity contribution is 0.0712. The minimum absolute atomic E-state index is 0.0469. The maximum Gasteiger partial charge on any atom is 0.255 e. The van der Waals surface area contributed by atoms with E-state index in [-0.39, 0.29) is 18.1 Å². The predicted molar refractivity (Wildman–Crippen MR) is 96.4 cm³/mol. The van der Waals surface area contributed by atoms with Crippen LogP contribution in [0.25, 0.3) is 0 Å². The third kappa shape index (κ3) is 4.09. The van der Waals surface area contributed by atoms with Gasteiger partial charge in [0.25, 0.3) is 5.91 Å². The van der Waals surface area contributed by atoms with Gasteiger partial charge in [-0.05, 0) is 44.0 Å². The van der Waals surface area contributed by atoms with E-state index in [4.69, 9.17) is 9.47 Å². The molecule has 2 aromatic rings. The minimum Gasteiger partial charge on any atom is -0.495 e. The highest BCUT2D eigenvalue weighted by molar-refractivity contribution is 5.99. The first-order chi connectivity index (χ1) is 12.2. The summed E-state index contributed by atoms with van der Waals surface area (Å²) in [6.07, 6.45) is 3.74. The van der Waals surface area contributed by atoms with Crippen molar-refractivity contribution in [3.63, 3.8) is 0 Å². The van der Waals surface area contributed by atoms with Crippen LogP contribution in [0.15, 0.2) is 42.6 Å². The molecule has 3 rings (SSSR count). The Bertz CT molecular complexity index is 729. The molecule has 1 saturated heterocycles. The fraction of sp³-hybridized carbons (Fsp3) is 0.368. The molecule has 1 aliphatic rings. The lowest BCUT2D eigenvalue weighted by atomic mass is 10.1. The molecule has 6 heteroatoms. The first-order valence-electron chi connectivity index (χ1n) is 8.46. The zero-order valence-corrected chi connectivity index (χ0v) is 14.5. The fourth-order valence-corrected chi connectivity index (χ4v) is 2.94. The molecule has 0 aliphatic carbocycles. The maximum atomic E-state index is 12.7. The highest BCUT2D eigenvalue weighted by Gasteiger charge is 2.25. The van der Waals surface area contributed by atoms with Crippen LogP contribution in [0.3, 0.4) is 0 Å². The molecule has 0 saturated carbocycles. The molecule has 1 amide bonds. The van der Waals surface area contributed by atoms with Crippen molar-refractivity contribution in [2.45, 2.75) is 31.9 Å². The van der Waals surface area contributed by atoms with Crippen LogP contribution in [0.2, 0.25) is 0 Å². The van der Waals surface area contributed by atoms with Gasteiger partial charge in [0.15, 0.2) is 0 Å². The van der Waals surface area contributed by atoms with Crippen molar-refractivity contribution < 1.29 is 14.3 Å². The molecule has 0 radical (unpaired) electrons. The second-order valence-corrected chi connectivity index (χ2v) is 6.04. The lowest BCUT2D eigenvalue weighted by Gasteiger charge is -2.21. The molecule has 25 heavy (non-hydrogen) atoms. The number of para-hydroxylation sites is 2. The summed E-state index contributed by atoms with van der Waals surface area (Å²) in [5.74, 6) is 1.00. The number of hydrogen-bond acceptors (Lipinski definition) is 5. The van der Waals surface area contributed by atoms with Gasteiger partial charge in [0.1, 0.15) is 11.6 Å². The lowest BCUT2D eigenvalue weighted by Crippen LogP contribution is -2.41. The number of anilines is 2. The fourth-order valence-electron chi connectivity index (χ4n) is 2.94. The van der Waals surface area contributed by atoms with Gasteiger partial charge in [0.2, 0.25) is 0 Å². The normalized spacial score (nSPS) is 17.8. The van der Waals surface area contributed by atoms with Gasteiger partial charge >= 0.3 is 0 Å². The number of hydrogen-bond donors (Lipinski definition) is 2. The van der Waals surface area contributed by atoms with E-state index in [1.807, 2.05) is 31.2 Å². The molecule has 1 aliphatic heterocycles. The van der Waals surface area contributed by atoms with Gasteiger partial charge < -0.3 is 20.1 Å². The summed E-state index contributed by atoms with van der Waals surface area (Å²) in [5, 5.41) is 6.21. The van der Waals surface area contributed by atoms with Crippen molar-refractivity contribution in [1.82, 2.24) is 10.3 Å². The van der Waals surface area contributed by atoms with Gasteiger partial charge in [-0.1, -0.05) is 12.1 Å². The van der Waals surface area contributed by atoms with E-state index in [9.17, 15) is 4.79 Å². The summed E-state index contributed by atoms with van der Waals surface area (Å²) < 4.78 is 11.0. The second-order valence-electron chi connectivity index (χ2n) is 6.04. The van der Waals surface area contributed by atoms with Gasteiger partial charge in [0.05, 0.1) is 30.5 Å². The van der Waals surface area contributed by atoms with Crippen molar-refractivity contribution in [2.75, 3.05) is 19.0 Å². The summed E-state index contributed by atoms with van der Waals surface area (Å²) in [5.41, 5.74) is 1.24. The maximum absolute atomic E-state index is 12.7. The Hall–Kier alpha value is -2.60. The van der Waals surface area contributed by atoms with Crippen molar-refractivity contribution in [3.8, 4) is 5.75 Å². The molecule has 0 bridgehead atoms. The van der Waals surface area contributed by atoms with Crippen LogP contribution in [0.4, 0.5) is 11.5 Å². The van der Waals surface area contributed by atoms with Crippen LogP contribution >= 0.6 is 0 Å². The third-order valence-electron chi connectivity index (χ3n) is 4.29. The molecule has 0 unspecified atom stereocenters. The SMILES string of the molecule is COc1ccccc1Nc1ncccc1C(=O)N[C@H](C)[C@H]1CCCO1. The number of ether oxygens (including phenoxy) is 2. The molecule has 1 aromatic heterocycles. The minimum atomic E-state index is -0.173. The quantitative estimate of drug-likeness (QED) is 0.844. The van der Waals surface area contributed by atoms with Gasteiger partial charge in [-0.3, -0.25) is 4.79 Å². The van der Waals surface area contributed by atoms with Crippen LogP contribution in [-0.4, -0.2) is 36.8 Å². The Kier molecular flexibility index (Phi) is 5.50. The van der Waals surface area contributed by atoms with Gasteiger partial charge in [-0.25, -0.2) is 4.98 Å². The van der Waals surface area contributed by atoms with E-state index in [1.165, 1.54) is 0 Å². The van der Waals surface area contributed by atoms with Crippen molar-refractivity contribution in [2.24, 2.45) is 0 Å². The van der Waals surface area contributed by atoms with Crippen LogP contribution in [-0.2, 0) is 4.74 Å². The van der Waals surface area contributed by atoms with Crippen LogP contribution in [0, 0.1) is 0 Å². The van der Waals surface area contributed by atoms with E-state index >= 15 is 0 Å². The van der Waals surface area contributed by atoms with Gasteiger partial charge in [-0.2, -0.15) is 0 Å². The second kappa shape index (κ2) is 7.98.